The lowest BCUT2D eigenvalue weighted by Crippen LogP contribution is -2.03. The highest BCUT2D eigenvalue weighted by Gasteiger charge is 2.16. The molecule has 2 aromatic carbocycles. The fourth-order valence-corrected chi connectivity index (χ4v) is 2.61. The van der Waals surface area contributed by atoms with E-state index in [0.29, 0.717) is 5.02 Å². The maximum atomic E-state index is 10.7. The predicted octanol–water partition coefficient (Wildman–Crippen LogP) is 4.28. The van der Waals surface area contributed by atoms with Crippen LogP contribution in [0.5, 0.6) is 0 Å². The highest BCUT2D eigenvalue weighted by molar-refractivity contribution is 6.30. The van der Waals surface area contributed by atoms with Gasteiger partial charge in [0.25, 0.3) is 0 Å². The second-order valence-corrected chi connectivity index (χ2v) is 5.29. The van der Waals surface area contributed by atoms with E-state index < -0.39 is 6.10 Å². The zero-order valence-electron chi connectivity index (χ0n) is 11.0. The van der Waals surface area contributed by atoms with Crippen LogP contribution in [0.3, 0.4) is 0 Å². The summed E-state index contributed by atoms with van der Waals surface area (Å²) < 4.78 is 0. The van der Waals surface area contributed by atoms with Crippen LogP contribution in [0.2, 0.25) is 5.02 Å². The first-order chi connectivity index (χ1) is 9.66. The Hall–Kier alpha value is -1.90. The van der Waals surface area contributed by atoms with Gasteiger partial charge in [0.15, 0.2) is 0 Å². The van der Waals surface area contributed by atoms with Crippen molar-refractivity contribution in [3.05, 3.63) is 76.6 Å². The Morgan fingerprint density at radius 1 is 1.05 bits per heavy atom. The van der Waals surface area contributed by atoms with Crippen LogP contribution in [0, 0.1) is 6.92 Å². The van der Waals surface area contributed by atoms with Crippen LogP contribution in [0.25, 0.3) is 10.8 Å². The lowest BCUT2D eigenvalue weighted by molar-refractivity contribution is 0.220. The third kappa shape index (κ3) is 2.28. The van der Waals surface area contributed by atoms with E-state index in [1.807, 2.05) is 49.4 Å². The van der Waals surface area contributed by atoms with E-state index in [0.717, 1.165) is 27.5 Å². The summed E-state index contributed by atoms with van der Waals surface area (Å²) in [5, 5.41) is 13.3. The molecule has 0 aliphatic carbocycles. The fraction of sp³-hybridized carbons (Fsp3) is 0.118. The molecule has 3 heteroatoms. The van der Waals surface area contributed by atoms with Crippen molar-refractivity contribution in [3.8, 4) is 0 Å². The van der Waals surface area contributed by atoms with Gasteiger partial charge in [0.1, 0.15) is 6.10 Å². The number of nitrogens with zero attached hydrogens (tertiary/aromatic N) is 1. The fourth-order valence-electron chi connectivity index (χ4n) is 2.43. The topological polar surface area (TPSA) is 33.1 Å². The zero-order chi connectivity index (χ0) is 14.1. The van der Waals surface area contributed by atoms with Crippen LogP contribution in [-0.4, -0.2) is 10.1 Å². The van der Waals surface area contributed by atoms with Gasteiger partial charge in [0.05, 0.1) is 0 Å². The molecule has 20 heavy (non-hydrogen) atoms. The molecule has 1 aromatic heterocycles. The molecule has 0 radical (unpaired) electrons. The second kappa shape index (κ2) is 5.23. The first-order valence-electron chi connectivity index (χ1n) is 6.43. The van der Waals surface area contributed by atoms with Gasteiger partial charge < -0.3 is 5.11 Å². The van der Waals surface area contributed by atoms with Crippen molar-refractivity contribution < 1.29 is 5.11 Å². The highest BCUT2D eigenvalue weighted by atomic mass is 35.5. The Balaban J connectivity index is 2.17. The SMILES string of the molecule is Cc1ccc(Cl)cc1C(O)c1cncc2ccccc12. The molecule has 0 aliphatic heterocycles. The Morgan fingerprint density at radius 3 is 2.70 bits per heavy atom. The number of aliphatic hydroxyl groups excluding tert-OH is 1. The van der Waals surface area contributed by atoms with E-state index in [1.54, 1.807) is 12.4 Å². The summed E-state index contributed by atoms with van der Waals surface area (Å²) in [7, 11) is 0. The first kappa shape index (κ1) is 13.1. The Morgan fingerprint density at radius 2 is 1.85 bits per heavy atom. The third-order valence-electron chi connectivity index (χ3n) is 3.53. The number of fused-ring (bicyclic) bond motifs is 1. The maximum Gasteiger partial charge on any atom is 0.106 e. The van der Waals surface area contributed by atoms with Gasteiger partial charge in [-0.15, -0.1) is 0 Å². The summed E-state index contributed by atoms with van der Waals surface area (Å²) in [4.78, 5) is 4.22. The van der Waals surface area contributed by atoms with E-state index in [-0.39, 0.29) is 0 Å². The Bertz CT molecular complexity index is 765. The quantitative estimate of drug-likeness (QED) is 0.761. The van der Waals surface area contributed by atoms with Gasteiger partial charge in [0.2, 0.25) is 0 Å². The van der Waals surface area contributed by atoms with E-state index in [1.165, 1.54) is 0 Å². The second-order valence-electron chi connectivity index (χ2n) is 4.85. The smallest absolute Gasteiger partial charge is 0.106 e. The molecule has 0 saturated heterocycles. The summed E-state index contributed by atoms with van der Waals surface area (Å²) in [6.45, 7) is 1.97. The van der Waals surface area contributed by atoms with Gasteiger partial charge in [-0.1, -0.05) is 41.9 Å². The molecule has 0 bridgehead atoms. The molecule has 0 aliphatic rings. The molecule has 1 heterocycles. The highest BCUT2D eigenvalue weighted by Crippen LogP contribution is 2.31. The molecule has 1 unspecified atom stereocenters. The minimum absolute atomic E-state index is 0.623. The summed E-state index contributed by atoms with van der Waals surface area (Å²) in [6, 6.07) is 13.5. The van der Waals surface area contributed by atoms with Crippen molar-refractivity contribution in [3.63, 3.8) is 0 Å². The van der Waals surface area contributed by atoms with Gasteiger partial charge in [-0.2, -0.15) is 0 Å². The Kier molecular flexibility index (Phi) is 3.43. The van der Waals surface area contributed by atoms with Gasteiger partial charge in [-0.3, -0.25) is 4.98 Å². The molecule has 3 rings (SSSR count). The number of pyridine rings is 1. The van der Waals surface area contributed by atoms with Crippen LogP contribution in [-0.2, 0) is 0 Å². The van der Waals surface area contributed by atoms with Crippen molar-refractivity contribution >= 4 is 22.4 Å². The molecular weight excluding hydrogens is 270 g/mol. The van der Waals surface area contributed by atoms with Gasteiger partial charge in [-0.25, -0.2) is 0 Å². The molecule has 0 spiro atoms. The number of halogens is 1. The monoisotopic (exact) mass is 283 g/mol. The maximum absolute atomic E-state index is 10.7. The summed E-state index contributed by atoms with van der Waals surface area (Å²) in [5.74, 6) is 0. The minimum Gasteiger partial charge on any atom is -0.384 e. The number of rotatable bonds is 2. The van der Waals surface area contributed by atoms with Crippen LogP contribution < -0.4 is 0 Å². The number of hydrogen-bond donors (Lipinski definition) is 1. The molecule has 2 nitrogen and oxygen atoms in total. The lowest BCUT2D eigenvalue weighted by atomic mass is 9.95. The molecular formula is C17H14ClNO. The molecule has 1 N–H and O–H groups in total. The molecule has 100 valence electrons. The van der Waals surface area contributed by atoms with Crippen LogP contribution in [0.15, 0.2) is 54.9 Å². The summed E-state index contributed by atoms with van der Waals surface area (Å²) >= 11 is 6.04. The van der Waals surface area contributed by atoms with Crippen molar-refractivity contribution in [2.45, 2.75) is 13.0 Å². The standard InChI is InChI=1S/C17H14ClNO/c1-11-6-7-13(18)8-15(11)17(20)16-10-19-9-12-4-2-3-5-14(12)16/h2-10,17,20H,1H3. The van der Waals surface area contributed by atoms with E-state index in [2.05, 4.69) is 4.98 Å². The van der Waals surface area contributed by atoms with Gasteiger partial charge >= 0.3 is 0 Å². The molecule has 1 atom stereocenters. The largest absolute Gasteiger partial charge is 0.384 e. The zero-order valence-corrected chi connectivity index (χ0v) is 11.8. The minimum atomic E-state index is -0.729. The average molecular weight is 284 g/mol. The number of benzene rings is 2. The normalized spacial score (nSPS) is 12.6. The summed E-state index contributed by atoms with van der Waals surface area (Å²) in [5.41, 5.74) is 2.62. The number of aromatic nitrogens is 1. The molecule has 0 saturated carbocycles. The van der Waals surface area contributed by atoms with Crippen molar-refractivity contribution in [1.82, 2.24) is 4.98 Å². The molecule has 0 amide bonds. The average Bonchev–Trinajstić information content (AvgIpc) is 2.48. The van der Waals surface area contributed by atoms with Gasteiger partial charge in [-0.05, 0) is 35.6 Å². The number of hydrogen-bond acceptors (Lipinski definition) is 2. The van der Waals surface area contributed by atoms with E-state index in [9.17, 15) is 5.11 Å². The van der Waals surface area contributed by atoms with E-state index in [4.69, 9.17) is 11.6 Å². The number of aliphatic hydroxyl groups is 1. The Labute approximate surface area is 122 Å². The van der Waals surface area contributed by atoms with Crippen molar-refractivity contribution in [1.29, 1.82) is 0 Å². The van der Waals surface area contributed by atoms with Gasteiger partial charge in [0, 0.05) is 28.4 Å². The predicted molar refractivity (Wildman–Crippen MR) is 82.0 cm³/mol. The van der Waals surface area contributed by atoms with Crippen LogP contribution >= 0.6 is 11.6 Å². The van der Waals surface area contributed by atoms with Crippen LogP contribution in [0.1, 0.15) is 22.8 Å². The molecule has 3 aromatic rings. The van der Waals surface area contributed by atoms with Crippen LogP contribution in [0.4, 0.5) is 0 Å². The number of aryl methyl sites for hydroxylation is 1. The lowest BCUT2D eigenvalue weighted by Gasteiger charge is -2.16. The molecule has 0 fully saturated rings. The van der Waals surface area contributed by atoms with Crippen molar-refractivity contribution in [2.75, 3.05) is 0 Å². The summed E-state index contributed by atoms with van der Waals surface area (Å²) in [6.07, 6.45) is 2.79. The van der Waals surface area contributed by atoms with Crippen molar-refractivity contribution in [2.24, 2.45) is 0 Å². The third-order valence-corrected chi connectivity index (χ3v) is 3.76. The van der Waals surface area contributed by atoms with E-state index >= 15 is 0 Å². The first-order valence-corrected chi connectivity index (χ1v) is 6.81.